The Hall–Kier alpha value is -0.130. The molecule has 0 aromatic heterocycles. The quantitative estimate of drug-likeness (QED) is 0.662. The van der Waals surface area contributed by atoms with E-state index in [-0.39, 0.29) is 5.75 Å². The molecular formula is C11H22N2O2S. The van der Waals surface area contributed by atoms with Crippen LogP contribution in [0.25, 0.3) is 0 Å². The van der Waals surface area contributed by atoms with Crippen LogP contribution in [0.4, 0.5) is 0 Å². The average molecular weight is 246 g/mol. The fourth-order valence-electron chi connectivity index (χ4n) is 2.34. The molecule has 2 aliphatic carbocycles. The topological polar surface area (TPSA) is 72.2 Å². The third-order valence-electron chi connectivity index (χ3n) is 3.61. The molecule has 0 aromatic carbocycles. The first-order chi connectivity index (χ1) is 7.62. The van der Waals surface area contributed by atoms with Gasteiger partial charge in [0.15, 0.2) is 0 Å². The standard InChI is InChI=1S/C11H22N2O2S/c12-6-1-7-16(14,15)13-8-11(9-2-3-9)10-4-5-10/h9-11,13H,1-8,12H2. The summed E-state index contributed by atoms with van der Waals surface area (Å²) >= 11 is 0. The van der Waals surface area contributed by atoms with Crippen LogP contribution in [0.2, 0.25) is 0 Å². The van der Waals surface area contributed by atoms with Crippen molar-refractivity contribution in [1.82, 2.24) is 4.72 Å². The summed E-state index contributed by atoms with van der Waals surface area (Å²) in [5, 5.41) is 0. The fraction of sp³-hybridized carbons (Fsp3) is 1.00. The highest BCUT2D eigenvalue weighted by atomic mass is 32.2. The Balaban J connectivity index is 1.75. The molecule has 0 aromatic rings. The van der Waals surface area contributed by atoms with Crippen LogP contribution in [-0.2, 0) is 10.0 Å². The van der Waals surface area contributed by atoms with E-state index in [1.54, 1.807) is 0 Å². The lowest BCUT2D eigenvalue weighted by molar-refractivity contribution is 0.401. The molecule has 94 valence electrons. The van der Waals surface area contributed by atoms with Crippen molar-refractivity contribution in [3.63, 3.8) is 0 Å². The van der Waals surface area contributed by atoms with E-state index in [1.807, 2.05) is 0 Å². The zero-order valence-corrected chi connectivity index (χ0v) is 10.5. The molecule has 3 N–H and O–H groups in total. The summed E-state index contributed by atoms with van der Waals surface area (Å²) in [5.74, 6) is 2.37. The van der Waals surface area contributed by atoms with Gasteiger partial charge in [0, 0.05) is 6.54 Å². The normalized spacial score (nSPS) is 21.6. The van der Waals surface area contributed by atoms with Gasteiger partial charge in [-0.05, 0) is 56.4 Å². The molecule has 0 amide bonds. The second-order valence-corrected chi connectivity index (χ2v) is 7.07. The molecule has 0 saturated heterocycles. The van der Waals surface area contributed by atoms with E-state index in [1.165, 1.54) is 25.7 Å². The highest BCUT2D eigenvalue weighted by Crippen LogP contribution is 2.48. The van der Waals surface area contributed by atoms with Crippen molar-refractivity contribution in [2.24, 2.45) is 23.5 Å². The van der Waals surface area contributed by atoms with Crippen LogP contribution in [0.5, 0.6) is 0 Å². The molecule has 2 fully saturated rings. The third kappa shape index (κ3) is 3.71. The van der Waals surface area contributed by atoms with Crippen LogP contribution in [0, 0.1) is 17.8 Å². The third-order valence-corrected chi connectivity index (χ3v) is 5.04. The molecule has 0 radical (unpaired) electrons. The minimum absolute atomic E-state index is 0.172. The molecule has 0 bridgehead atoms. The number of rotatable bonds is 8. The van der Waals surface area contributed by atoms with E-state index in [0.29, 0.717) is 25.4 Å². The summed E-state index contributed by atoms with van der Waals surface area (Å²) < 4.78 is 26.0. The first kappa shape index (κ1) is 12.3. The van der Waals surface area contributed by atoms with Gasteiger partial charge < -0.3 is 5.73 Å². The second-order valence-electron chi connectivity index (χ2n) is 5.15. The van der Waals surface area contributed by atoms with Gasteiger partial charge in [0.1, 0.15) is 0 Å². The molecule has 2 aliphatic rings. The van der Waals surface area contributed by atoms with Crippen molar-refractivity contribution >= 4 is 10.0 Å². The van der Waals surface area contributed by atoms with Crippen LogP contribution in [0.15, 0.2) is 0 Å². The molecule has 0 spiro atoms. The van der Waals surface area contributed by atoms with Crippen molar-refractivity contribution in [1.29, 1.82) is 0 Å². The average Bonchev–Trinajstić information content (AvgIpc) is 3.06. The van der Waals surface area contributed by atoms with Crippen molar-refractivity contribution in [3.05, 3.63) is 0 Å². The Bertz CT molecular complexity index is 309. The van der Waals surface area contributed by atoms with Crippen LogP contribution in [0.3, 0.4) is 0 Å². The summed E-state index contributed by atoms with van der Waals surface area (Å²) in [6.45, 7) is 1.10. The minimum atomic E-state index is -3.08. The molecular weight excluding hydrogens is 224 g/mol. The maximum atomic E-state index is 11.6. The highest BCUT2D eigenvalue weighted by molar-refractivity contribution is 7.89. The van der Waals surface area contributed by atoms with Crippen LogP contribution in [0.1, 0.15) is 32.1 Å². The van der Waals surface area contributed by atoms with Crippen molar-refractivity contribution < 1.29 is 8.42 Å². The SMILES string of the molecule is NCCCS(=O)(=O)NCC(C1CC1)C1CC1. The molecule has 0 atom stereocenters. The molecule has 0 unspecified atom stereocenters. The number of hydrogen-bond donors (Lipinski definition) is 2. The van der Waals surface area contributed by atoms with Crippen LogP contribution in [-0.4, -0.2) is 27.3 Å². The Morgan fingerprint density at radius 3 is 2.19 bits per heavy atom. The predicted octanol–water partition coefficient (Wildman–Crippen LogP) is 0.691. The van der Waals surface area contributed by atoms with E-state index in [4.69, 9.17) is 5.73 Å². The Morgan fingerprint density at radius 1 is 1.19 bits per heavy atom. The zero-order chi connectivity index (χ0) is 11.6. The van der Waals surface area contributed by atoms with Crippen LogP contribution >= 0.6 is 0 Å². The highest BCUT2D eigenvalue weighted by Gasteiger charge is 2.41. The predicted molar refractivity (Wildman–Crippen MR) is 64.4 cm³/mol. The van der Waals surface area contributed by atoms with Gasteiger partial charge in [0.05, 0.1) is 5.75 Å². The van der Waals surface area contributed by atoms with Gasteiger partial charge >= 0.3 is 0 Å². The smallest absolute Gasteiger partial charge is 0.211 e. The number of nitrogens with one attached hydrogen (secondary N) is 1. The lowest BCUT2D eigenvalue weighted by Gasteiger charge is -2.16. The molecule has 0 heterocycles. The zero-order valence-electron chi connectivity index (χ0n) is 9.69. The molecule has 2 saturated carbocycles. The second kappa shape index (κ2) is 5.02. The molecule has 16 heavy (non-hydrogen) atoms. The minimum Gasteiger partial charge on any atom is -0.330 e. The first-order valence-electron chi connectivity index (χ1n) is 6.30. The monoisotopic (exact) mass is 246 g/mol. The lowest BCUT2D eigenvalue weighted by atomic mass is 9.99. The summed E-state index contributed by atoms with van der Waals surface area (Å²) in [5.41, 5.74) is 5.32. The van der Waals surface area contributed by atoms with Gasteiger partial charge in [-0.15, -0.1) is 0 Å². The molecule has 4 nitrogen and oxygen atoms in total. The van der Waals surface area contributed by atoms with Crippen molar-refractivity contribution in [3.8, 4) is 0 Å². The molecule has 5 heteroatoms. The number of sulfonamides is 1. The van der Waals surface area contributed by atoms with Gasteiger partial charge in [-0.2, -0.15) is 0 Å². The van der Waals surface area contributed by atoms with Gasteiger partial charge in [-0.1, -0.05) is 0 Å². The van der Waals surface area contributed by atoms with Gasteiger partial charge in [-0.3, -0.25) is 0 Å². The fourth-order valence-corrected chi connectivity index (χ4v) is 3.47. The maximum Gasteiger partial charge on any atom is 0.211 e. The van der Waals surface area contributed by atoms with Crippen molar-refractivity contribution in [2.75, 3.05) is 18.8 Å². The number of nitrogens with two attached hydrogens (primary N) is 1. The Kier molecular flexibility index (Phi) is 3.87. The maximum absolute atomic E-state index is 11.6. The summed E-state index contributed by atoms with van der Waals surface area (Å²) in [4.78, 5) is 0. The molecule has 0 aliphatic heterocycles. The van der Waals surface area contributed by atoms with Crippen LogP contribution < -0.4 is 10.5 Å². The van der Waals surface area contributed by atoms with Gasteiger partial charge in [-0.25, -0.2) is 13.1 Å². The van der Waals surface area contributed by atoms with E-state index < -0.39 is 10.0 Å². The van der Waals surface area contributed by atoms with Gasteiger partial charge in [0.25, 0.3) is 0 Å². The van der Waals surface area contributed by atoms with E-state index in [0.717, 1.165) is 11.8 Å². The van der Waals surface area contributed by atoms with E-state index in [2.05, 4.69) is 4.72 Å². The van der Waals surface area contributed by atoms with Gasteiger partial charge in [0.2, 0.25) is 10.0 Å². The van der Waals surface area contributed by atoms with E-state index >= 15 is 0 Å². The first-order valence-corrected chi connectivity index (χ1v) is 7.95. The Morgan fingerprint density at radius 2 is 1.75 bits per heavy atom. The summed E-state index contributed by atoms with van der Waals surface area (Å²) in [6, 6.07) is 0. The summed E-state index contributed by atoms with van der Waals surface area (Å²) in [6.07, 6.45) is 5.74. The van der Waals surface area contributed by atoms with Crippen molar-refractivity contribution in [2.45, 2.75) is 32.1 Å². The number of hydrogen-bond acceptors (Lipinski definition) is 3. The largest absolute Gasteiger partial charge is 0.330 e. The lowest BCUT2D eigenvalue weighted by Crippen LogP contribution is -2.33. The molecule has 2 rings (SSSR count). The summed E-state index contributed by atoms with van der Waals surface area (Å²) in [7, 11) is -3.08. The van der Waals surface area contributed by atoms with E-state index in [9.17, 15) is 8.42 Å². The Labute approximate surface area is 98.0 Å².